The summed E-state index contributed by atoms with van der Waals surface area (Å²) in [5, 5.41) is 10.1. The Morgan fingerprint density at radius 3 is 2.70 bits per heavy atom. The molecule has 0 bridgehead atoms. The zero-order valence-corrected chi connectivity index (χ0v) is 10.7. The van der Waals surface area contributed by atoms with Gasteiger partial charge >= 0.3 is 0 Å². The second kappa shape index (κ2) is 5.10. The molecule has 3 heteroatoms. The average Bonchev–Trinajstić information content (AvgIpc) is 2.47. The van der Waals surface area contributed by atoms with Gasteiger partial charge in [0.1, 0.15) is 11.9 Å². The number of hydrogen-bond donors (Lipinski definition) is 0. The van der Waals surface area contributed by atoms with E-state index in [-0.39, 0.29) is 5.56 Å². The summed E-state index contributed by atoms with van der Waals surface area (Å²) in [5.41, 5.74) is 2.49. The summed E-state index contributed by atoms with van der Waals surface area (Å²) in [5.74, 6) is -0.481. The molecule has 3 rings (SSSR count). The molecule has 0 N–H and O–H groups in total. The Bertz CT molecular complexity index is 819. The number of nitriles is 1. The molecule has 2 nitrogen and oxygen atoms in total. The predicted octanol–water partition coefficient (Wildman–Crippen LogP) is 3.84. The first-order valence-electron chi connectivity index (χ1n) is 6.30. The highest BCUT2D eigenvalue weighted by molar-refractivity contribution is 5.78. The summed E-state index contributed by atoms with van der Waals surface area (Å²) in [7, 11) is 0. The van der Waals surface area contributed by atoms with Gasteiger partial charge in [0.05, 0.1) is 11.1 Å². The number of nitrogens with zero attached hydrogens (tertiary/aromatic N) is 2. The molecule has 3 aromatic rings. The lowest BCUT2D eigenvalue weighted by Gasteiger charge is -2.05. The highest BCUT2D eigenvalue weighted by Crippen LogP contribution is 2.18. The van der Waals surface area contributed by atoms with Gasteiger partial charge in [-0.25, -0.2) is 4.39 Å². The molecule has 0 aliphatic rings. The van der Waals surface area contributed by atoms with Gasteiger partial charge in [0.15, 0.2) is 0 Å². The van der Waals surface area contributed by atoms with Crippen LogP contribution in [0.1, 0.15) is 16.8 Å². The van der Waals surface area contributed by atoms with Crippen LogP contribution in [0.5, 0.6) is 0 Å². The van der Waals surface area contributed by atoms with Crippen molar-refractivity contribution in [3.05, 3.63) is 77.2 Å². The lowest BCUT2D eigenvalue weighted by atomic mass is 10.0. The molecule has 0 saturated carbocycles. The molecule has 1 aromatic heterocycles. The van der Waals surface area contributed by atoms with Gasteiger partial charge in [-0.05, 0) is 23.8 Å². The van der Waals surface area contributed by atoms with Crippen molar-refractivity contribution in [1.82, 2.24) is 4.98 Å². The molecule has 2 aromatic carbocycles. The average molecular weight is 262 g/mol. The van der Waals surface area contributed by atoms with Crippen LogP contribution in [0, 0.1) is 17.1 Å². The Morgan fingerprint density at radius 1 is 1.00 bits per heavy atom. The third-order valence-electron chi connectivity index (χ3n) is 3.24. The molecule has 1 heterocycles. The first-order valence-corrected chi connectivity index (χ1v) is 6.30. The van der Waals surface area contributed by atoms with Crippen LogP contribution in [-0.4, -0.2) is 4.98 Å². The van der Waals surface area contributed by atoms with Gasteiger partial charge in [-0.1, -0.05) is 36.4 Å². The van der Waals surface area contributed by atoms with E-state index < -0.39 is 5.82 Å². The molecular formula is C17H11FN2. The Morgan fingerprint density at radius 2 is 1.85 bits per heavy atom. The standard InChI is InChI=1S/C17H11FN2/c18-16-6-3-5-13(15(16)11-19)10-14-9-8-12-4-1-2-7-17(12)20-14/h1-9H,10H2. The molecule has 0 radical (unpaired) electrons. The fourth-order valence-corrected chi connectivity index (χ4v) is 2.24. The van der Waals surface area contributed by atoms with Crippen LogP contribution in [0.15, 0.2) is 54.6 Å². The number of para-hydroxylation sites is 1. The van der Waals surface area contributed by atoms with E-state index in [1.54, 1.807) is 12.1 Å². The number of hydrogen-bond acceptors (Lipinski definition) is 2. The van der Waals surface area contributed by atoms with Crippen LogP contribution in [0.4, 0.5) is 4.39 Å². The van der Waals surface area contributed by atoms with Crippen molar-refractivity contribution in [2.45, 2.75) is 6.42 Å². The second-order valence-corrected chi connectivity index (χ2v) is 4.56. The first-order chi connectivity index (χ1) is 9.78. The van der Waals surface area contributed by atoms with Crippen molar-refractivity contribution in [2.75, 3.05) is 0 Å². The fourth-order valence-electron chi connectivity index (χ4n) is 2.24. The summed E-state index contributed by atoms with van der Waals surface area (Å²) in [6, 6.07) is 18.3. The normalized spacial score (nSPS) is 10.4. The summed E-state index contributed by atoms with van der Waals surface area (Å²) in [6.45, 7) is 0. The largest absolute Gasteiger partial charge is 0.252 e. The smallest absolute Gasteiger partial charge is 0.141 e. The van der Waals surface area contributed by atoms with Gasteiger partial charge in [-0.3, -0.25) is 4.98 Å². The second-order valence-electron chi connectivity index (χ2n) is 4.56. The maximum absolute atomic E-state index is 13.6. The van der Waals surface area contributed by atoms with E-state index in [0.29, 0.717) is 12.0 Å². The van der Waals surface area contributed by atoms with E-state index in [1.165, 1.54) is 6.07 Å². The molecular weight excluding hydrogens is 251 g/mol. The molecule has 96 valence electrons. The van der Waals surface area contributed by atoms with Crippen LogP contribution in [0.2, 0.25) is 0 Å². The van der Waals surface area contributed by atoms with Crippen molar-refractivity contribution in [2.24, 2.45) is 0 Å². The molecule has 0 aliphatic heterocycles. The van der Waals surface area contributed by atoms with E-state index >= 15 is 0 Å². The molecule has 0 atom stereocenters. The van der Waals surface area contributed by atoms with Crippen LogP contribution in [0.25, 0.3) is 10.9 Å². The van der Waals surface area contributed by atoms with Gasteiger partial charge in [0.25, 0.3) is 0 Å². The maximum atomic E-state index is 13.6. The zero-order valence-electron chi connectivity index (χ0n) is 10.7. The van der Waals surface area contributed by atoms with Crippen LogP contribution < -0.4 is 0 Å². The van der Waals surface area contributed by atoms with Crippen molar-refractivity contribution < 1.29 is 4.39 Å². The molecule has 0 spiro atoms. The minimum atomic E-state index is -0.481. The van der Waals surface area contributed by atoms with Crippen LogP contribution >= 0.6 is 0 Å². The van der Waals surface area contributed by atoms with E-state index in [0.717, 1.165) is 16.6 Å². The Labute approximate surface area is 116 Å². The molecule has 0 unspecified atom stereocenters. The lowest BCUT2D eigenvalue weighted by Crippen LogP contribution is -1.97. The van der Waals surface area contributed by atoms with Gasteiger partial charge in [-0.2, -0.15) is 5.26 Å². The van der Waals surface area contributed by atoms with E-state index in [1.807, 2.05) is 42.5 Å². The number of rotatable bonds is 2. The van der Waals surface area contributed by atoms with Crippen molar-refractivity contribution in [3.63, 3.8) is 0 Å². The van der Waals surface area contributed by atoms with Gasteiger partial charge < -0.3 is 0 Å². The highest BCUT2D eigenvalue weighted by Gasteiger charge is 2.09. The van der Waals surface area contributed by atoms with E-state index in [2.05, 4.69) is 4.98 Å². The summed E-state index contributed by atoms with van der Waals surface area (Å²) >= 11 is 0. The SMILES string of the molecule is N#Cc1c(F)cccc1Cc1ccc2ccccc2n1. The first kappa shape index (κ1) is 12.3. The minimum Gasteiger partial charge on any atom is -0.252 e. The molecule has 20 heavy (non-hydrogen) atoms. The summed E-state index contributed by atoms with van der Waals surface area (Å²) in [4.78, 5) is 4.54. The van der Waals surface area contributed by atoms with Gasteiger partial charge in [0.2, 0.25) is 0 Å². The van der Waals surface area contributed by atoms with Crippen LogP contribution in [0.3, 0.4) is 0 Å². The zero-order chi connectivity index (χ0) is 13.9. The fraction of sp³-hybridized carbons (Fsp3) is 0.0588. The van der Waals surface area contributed by atoms with Gasteiger partial charge in [-0.15, -0.1) is 0 Å². The number of halogens is 1. The lowest BCUT2D eigenvalue weighted by molar-refractivity contribution is 0.621. The van der Waals surface area contributed by atoms with Crippen molar-refractivity contribution >= 4 is 10.9 Å². The predicted molar refractivity (Wildman–Crippen MR) is 75.7 cm³/mol. The van der Waals surface area contributed by atoms with Crippen molar-refractivity contribution in [3.8, 4) is 6.07 Å². The molecule has 0 fully saturated rings. The van der Waals surface area contributed by atoms with Crippen molar-refractivity contribution in [1.29, 1.82) is 5.26 Å². The number of aromatic nitrogens is 1. The van der Waals surface area contributed by atoms with Crippen LogP contribution in [-0.2, 0) is 6.42 Å². The maximum Gasteiger partial charge on any atom is 0.141 e. The number of benzene rings is 2. The topological polar surface area (TPSA) is 36.7 Å². The Hall–Kier alpha value is -2.73. The van der Waals surface area contributed by atoms with E-state index in [9.17, 15) is 4.39 Å². The summed E-state index contributed by atoms with van der Waals surface area (Å²) in [6.07, 6.45) is 0.450. The minimum absolute atomic E-state index is 0.0995. The molecule has 0 amide bonds. The third-order valence-corrected chi connectivity index (χ3v) is 3.24. The Balaban J connectivity index is 2.02. The quantitative estimate of drug-likeness (QED) is 0.703. The van der Waals surface area contributed by atoms with Gasteiger partial charge in [0, 0.05) is 17.5 Å². The third kappa shape index (κ3) is 2.24. The Kier molecular flexibility index (Phi) is 3.14. The monoisotopic (exact) mass is 262 g/mol. The molecule has 0 saturated heterocycles. The summed E-state index contributed by atoms with van der Waals surface area (Å²) < 4.78 is 13.6. The highest BCUT2D eigenvalue weighted by atomic mass is 19.1. The number of fused-ring (bicyclic) bond motifs is 1. The van der Waals surface area contributed by atoms with E-state index in [4.69, 9.17) is 5.26 Å². The number of pyridine rings is 1. The molecule has 0 aliphatic carbocycles.